The number of fused-ring (bicyclic) bond motifs is 2. The molecule has 0 aromatic carbocycles. The summed E-state index contributed by atoms with van der Waals surface area (Å²) in [4.78, 5) is 18.1. The molecule has 10 nitrogen and oxygen atoms in total. The summed E-state index contributed by atoms with van der Waals surface area (Å²) in [5, 5.41) is 23.6. The average molecular weight is 436 g/mol. The molecule has 1 aliphatic heterocycles. The predicted molar refractivity (Wildman–Crippen MR) is 124 cm³/mol. The minimum atomic E-state index is 0.296. The van der Waals surface area contributed by atoms with Gasteiger partial charge in [-0.3, -0.25) is 15.1 Å². The van der Waals surface area contributed by atoms with Crippen molar-refractivity contribution in [2.45, 2.75) is 18.9 Å². The number of hydrogen-bond acceptors (Lipinski definition) is 8. The molecule has 0 bridgehead atoms. The van der Waals surface area contributed by atoms with Crippen molar-refractivity contribution in [1.29, 1.82) is 5.26 Å². The van der Waals surface area contributed by atoms with Gasteiger partial charge in [-0.05, 0) is 44.1 Å². The predicted octanol–water partition coefficient (Wildman–Crippen LogP) is 3.30. The SMILES string of the molecule is N#Cc1cn(C2CCNCC2)c2nc(Nc3cc(-c4ccnc5cccnc45)[nH]n3)cnc12. The molecule has 1 fully saturated rings. The standard InChI is InChI=1S/C23H20N10/c24-11-14-13-33(15-3-7-25-8-4-15)23-21(14)28-12-20(30-23)29-19-10-18(31-32-19)16-5-9-26-17-2-1-6-27-22(16)17/h1-2,5-6,9-10,12-13,15,25H,3-4,7-8H2,(H2,29,30,31,32). The van der Waals surface area contributed by atoms with Crippen LogP contribution in [0.3, 0.4) is 0 Å². The molecule has 1 saturated heterocycles. The highest BCUT2D eigenvalue weighted by Crippen LogP contribution is 2.29. The van der Waals surface area contributed by atoms with Gasteiger partial charge in [-0.25, -0.2) is 9.97 Å². The highest BCUT2D eigenvalue weighted by molar-refractivity contribution is 5.90. The third-order valence-electron chi connectivity index (χ3n) is 5.97. The third kappa shape index (κ3) is 3.44. The van der Waals surface area contributed by atoms with Crippen molar-refractivity contribution in [2.75, 3.05) is 18.4 Å². The smallest absolute Gasteiger partial charge is 0.162 e. The van der Waals surface area contributed by atoms with E-state index in [0.717, 1.165) is 48.2 Å². The zero-order valence-corrected chi connectivity index (χ0v) is 17.7. The molecule has 0 atom stereocenters. The molecule has 5 aromatic rings. The number of nitriles is 1. The summed E-state index contributed by atoms with van der Waals surface area (Å²) >= 11 is 0. The van der Waals surface area contributed by atoms with E-state index in [-0.39, 0.29) is 0 Å². The molecule has 0 unspecified atom stereocenters. The minimum Gasteiger partial charge on any atom is -0.327 e. The fraction of sp³-hybridized carbons (Fsp3) is 0.217. The Morgan fingerprint density at radius 3 is 2.85 bits per heavy atom. The van der Waals surface area contributed by atoms with Gasteiger partial charge >= 0.3 is 0 Å². The minimum absolute atomic E-state index is 0.296. The van der Waals surface area contributed by atoms with Crippen molar-refractivity contribution < 1.29 is 0 Å². The maximum Gasteiger partial charge on any atom is 0.162 e. The van der Waals surface area contributed by atoms with Crippen LogP contribution in [-0.4, -0.2) is 47.8 Å². The van der Waals surface area contributed by atoms with Gasteiger partial charge in [-0.2, -0.15) is 10.4 Å². The summed E-state index contributed by atoms with van der Waals surface area (Å²) < 4.78 is 2.09. The van der Waals surface area contributed by atoms with Crippen LogP contribution in [0.25, 0.3) is 33.5 Å². The second kappa shape index (κ2) is 7.96. The number of piperidine rings is 1. The topological polar surface area (TPSA) is 133 Å². The third-order valence-corrected chi connectivity index (χ3v) is 5.97. The van der Waals surface area contributed by atoms with Crippen molar-refractivity contribution in [3.8, 4) is 17.3 Å². The van der Waals surface area contributed by atoms with Crippen molar-refractivity contribution in [3.63, 3.8) is 0 Å². The number of pyridine rings is 2. The number of nitrogens with zero attached hydrogens (tertiary/aromatic N) is 7. The summed E-state index contributed by atoms with van der Waals surface area (Å²) in [5.74, 6) is 1.18. The van der Waals surface area contributed by atoms with Crippen molar-refractivity contribution >= 4 is 33.8 Å². The maximum absolute atomic E-state index is 9.56. The lowest BCUT2D eigenvalue weighted by molar-refractivity contribution is 0.375. The van der Waals surface area contributed by atoms with E-state index in [1.807, 2.05) is 30.5 Å². The van der Waals surface area contributed by atoms with E-state index in [1.165, 1.54) is 0 Å². The van der Waals surface area contributed by atoms with Gasteiger partial charge in [0.15, 0.2) is 17.3 Å². The number of aromatic nitrogens is 7. The molecule has 5 aromatic heterocycles. The van der Waals surface area contributed by atoms with Gasteiger partial charge in [0.25, 0.3) is 0 Å². The molecule has 0 spiro atoms. The number of aromatic amines is 1. The fourth-order valence-electron chi connectivity index (χ4n) is 4.37. The highest BCUT2D eigenvalue weighted by atomic mass is 15.2. The van der Waals surface area contributed by atoms with Crippen molar-refractivity contribution in [1.82, 2.24) is 40.0 Å². The Morgan fingerprint density at radius 1 is 1.06 bits per heavy atom. The first-order valence-corrected chi connectivity index (χ1v) is 10.8. The van der Waals surface area contributed by atoms with Crippen LogP contribution in [0, 0.1) is 11.3 Å². The quantitative estimate of drug-likeness (QED) is 0.391. The van der Waals surface area contributed by atoms with Crippen molar-refractivity contribution in [3.05, 3.63) is 54.6 Å². The van der Waals surface area contributed by atoms with Crippen LogP contribution in [0.5, 0.6) is 0 Å². The van der Waals surface area contributed by atoms with Gasteiger partial charge in [0, 0.05) is 36.3 Å². The average Bonchev–Trinajstić information content (AvgIpc) is 3.48. The molecule has 1 aliphatic rings. The van der Waals surface area contributed by atoms with Crippen molar-refractivity contribution in [2.24, 2.45) is 0 Å². The maximum atomic E-state index is 9.56. The number of anilines is 2. The van der Waals surface area contributed by atoms with E-state index in [4.69, 9.17) is 4.98 Å². The van der Waals surface area contributed by atoms with E-state index in [9.17, 15) is 5.26 Å². The Kier molecular flexibility index (Phi) is 4.66. The summed E-state index contributed by atoms with van der Waals surface area (Å²) in [6, 6.07) is 10.2. The molecule has 6 rings (SSSR count). The first-order chi connectivity index (χ1) is 16.3. The van der Waals surface area contributed by atoms with Crippen LogP contribution >= 0.6 is 0 Å². The summed E-state index contributed by atoms with van der Waals surface area (Å²) in [7, 11) is 0. The molecular weight excluding hydrogens is 416 g/mol. The van der Waals surface area contributed by atoms with Crippen LogP contribution in [0.15, 0.2) is 49.1 Å². The molecule has 0 saturated carbocycles. The van der Waals surface area contributed by atoms with E-state index in [0.29, 0.717) is 34.4 Å². The van der Waals surface area contributed by atoms with Gasteiger partial charge in [-0.15, -0.1) is 0 Å². The van der Waals surface area contributed by atoms with Crippen LogP contribution in [0.1, 0.15) is 24.4 Å². The number of H-pyrrole nitrogens is 1. The second-order valence-electron chi connectivity index (χ2n) is 7.99. The van der Waals surface area contributed by atoms with Crippen LogP contribution in [0.2, 0.25) is 0 Å². The Labute approximate surface area is 188 Å². The van der Waals surface area contributed by atoms with E-state index < -0.39 is 0 Å². The zero-order valence-electron chi connectivity index (χ0n) is 17.7. The molecular formula is C23H20N10. The largest absolute Gasteiger partial charge is 0.327 e. The molecule has 162 valence electrons. The lowest BCUT2D eigenvalue weighted by Crippen LogP contribution is -2.29. The van der Waals surface area contributed by atoms with Gasteiger partial charge in [0.05, 0.1) is 28.5 Å². The normalized spacial score (nSPS) is 14.5. The van der Waals surface area contributed by atoms with Gasteiger partial charge < -0.3 is 15.2 Å². The first kappa shape index (κ1) is 19.3. The van der Waals surface area contributed by atoms with E-state index in [1.54, 1.807) is 18.6 Å². The lowest BCUT2D eigenvalue weighted by Gasteiger charge is -2.24. The summed E-state index contributed by atoms with van der Waals surface area (Å²) in [6.45, 7) is 1.90. The Bertz CT molecular complexity index is 1500. The Morgan fingerprint density at radius 2 is 1.97 bits per heavy atom. The fourth-order valence-corrected chi connectivity index (χ4v) is 4.37. The molecule has 3 N–H and O–H groups in total. The molecule has 0 aliphatic carbocycles. The van der Waals surface area contributed by atoms with Crippen LogP contribution in [0.4, 0.5) is 11.6 Å². The Balaban J connectivity index is 1.34. The van der Waals surface area contributed by atoms with E-state index >= 15 is 0 Å². The number of hydrogen-bond donors (Lipinski definition) is 3. The monoisotopic (exact) mass is 436 g/mol. The summed E-state index contributed by atoms with van der Waals surface area (Å²) in [6.07, 6.45) is 9.00. The second-order valence-corrected chi connectivity index (χ2v) is 7.99. The Hall–Kier alpha value is -4.36. The zero-order chi connectivity index (χ0) is 22.2. The lowest BCUT2D eigenvalue weighted by atomic mass is 10.1. The molecule has 33 heavy (non-hydrogen) atoms. The molecule has 0 radical (unpaired) electrons. The summed E-state index contributed by atoms with van der Waals surface area (Å²) in [5.41, 5.74) is 5.25. The molecule has 10 heteroatoms. The first-order valence-electron chi connectivity index (χ1n) is 10.8. The van der Waals surface area contributed by atoms with Gasteiger partial charge in [0.1, 0.15) is 11.6 Å². The van der Waals surface area contributed by atoms with E-state index in [2.05, 4.69) is 46.4 Å². The van der Waals surface area contributed by atoms with Gasteiger partial charge in [0.2, 0.25) is 0 Å². The van der Waals surface area contributed by atoms with Crippen LogP contribution < -0.4 is 10.6 Å². The van der Waals surface area contributed by atoms with Crippen LogP contribution in [-0.2, 0) is 0 Å². The van der Waals surface area contributed by atoms with Gasteiger partial charge in [-0.1, -0.05) is 0 Å². The number of rotatable bonds is 4. The molecule has 6 heterocycles. The molecule has 0 amide bonds. The number of nitrogens with one attached hydrogen (secondary N) is 3. The highest BCUT2D eigenvalue weighted by Gasteiger charge is 2.21.